The lowest BCUT2D eigenvalue weighted by Crippen LogP contribution is -2.33. The molecule has 1 aromatic carbocycles. The average Bonchev–Trinajstić information content (AvgIpc) is 3.51. The summed E-state index contributed by atoms with van der Waals surface area (Å²) in [5.41, 5.74) is 6.94. The number of likely N-dealkylation sites (tertiary alicyclic amines) is 1. The van der Waals surface area contributed by atoms with E-state index in [1.54, 1.807) is 6.33 Å². The molecule has 0 radical (unpaired) electrons. The van der Waals surface area contributed by atoms with Crippen LogP contribution in [0.25, 0.3) is 33.5 Å². The van der Waals surface area contributed by atoms with Gasteiger partial charge in [0.2, 0.25) is 0 Å². The second-order valence-corrected chi connectivity index (χ2v) is 10.6. The largest absolute Gasteiger partial charge is 0.461 e. The number of H-pyrrole nitrogens is 1. The van der Waals surface area contributed by atoms with E-state index in [0.29, 0.717) is 0 Å². The molecule has 1 atom stereocenters. The molecule has 1 saturated carbocycles. The van der Waals surface area contributed by atoms with Crippen molar-refractivity contribution in [3.05, 3.63) is 66.2 Å². The zero-order valence-corrected chi connectivity index (χ0v) is 22.1. The van der Waals surface area contributed by atoms with E-state index >= 15 is 0 Å². The number of carbonyl (C=O) groups excluding carboxylic acids is 1. The van der Waals surface area contributed by atoms with Crippen LogP contribution in [-0.4, -0.2) is 57.0 Å². The first kappa shape index (κ1) is 25.1. The third-order valence-electron chi connectivity index (χ3n) is 7.21. The van der Waals surface area contributed by atoms with Gasteiger partial charge in [0.15, 0.2) is 0 Å². The Labute approximate surface area is 218 Å². The lowest BCUT2D eigenvalue weighted by Gasteiger charge is -2.31. The number of likely N-dealkylation sites (N-methyl/N-ethyl adjacent to an activating group) is 1. The highest BCUT2D eigenvalue weighted by Crippen LogP contribution is 2.34. The molecule has 4 heterocycles. The zero-order valence-electron chi connectivity index (χ0n) is 22.1. The number of nitrogens with one attached hydrogen (secondary N) is 1. The Morgan fingerprint density at radius 1 is 1.11 bits per heavy atom. The van der Waals surface area contributed by atoms with Gasteiger partial charge in [0.25, 0.3) is 0 Å². The summed E-state index contributed by atoms with van der Waals surface area (Å²) in [6.45, 7) is 8.19. The first-order valence-electron chi connectivity index (χ1n) is 13.1. The maximum atomic E-state index is 11.6. The lowest BCUT2D eigenvalue weighted by molar-refractivity contribution is -0.158. The topological polar surface area (TPSA) is 84.0 Å². The van der Waals surface area contributed by atoms with Crippen LogP contribution in [0.15, 0.2) is 55.0 Å². The predicted molar refractivity (Wildman–Crippen MR) is 146 cm³/mol. The summed E-state index contributed by atoms with van der Waals surface area (Å²) < 4.78 is 5.45. The fourth-order valence-electron chi connectivity index (χ4n) is 5.13. The van der Waals surface area contributed by atoms with Crippen molar-refractivity contribution in [3.8, 4) is 22.6 Å². The van der Waals surface area contributed by atoms with Gasteiger partial charge in [-0.2, -0.15) is 0 Å². The van der Waals surface area contributed by atoms with Crippen LogP contribution in [0.3, 0.4) is 0 Å². The van der Waals surface area contributed by atoms with Crippen molar-refractivity contribution in [2.24, 2.45) is 11.8 Å². The van der Waals surface area contributed by atoms with E-state index in [-0.39, 0.29) is 18.0 Å². The Bertz CT molecular complexity index is 1390. The number of pyridine rings is 2. The second-order valence-electron chi connectivity index (χ2n) is 10.6. The van der Waals surface area contributed by atoms with E-state index < -0.39 is 0 Å². The standard InChI is InChI=1S/C19H16N4.C11H19NO2/c1-12-8-15-9-14(6-7-16(15)20-10-12)18-19(22-11-21-18)17-5-3-4-13(2)23-17;1-8-5-9(6-8)11(13)14-10-3-4-12(2)7-10/h3-11H,1-2H3,(H,21,22);8-10H,3-7H2,1-2H3/t;8?,9?,10-/m.0/s1. The number of ether oxygens (including phenoxy) is 1. The fourth-order valence-corrected chi connectivity index (χ4v) is 5.13. The van der Waals surface area contributed by atoms with Gasteiger partial charge in [-0.15, -0.1) is 0 Å². The Balaban J connectivity index is 0.000000171. The monoisotopic (exact) mass is 497 g/mol. The molecule has 4 aromatic rings. The Morgan fingerprint density at radius 2 is 1.95 bits per heavy atom. The number of aryl methyl sites for hydroxylation is 2. The van der Waals surface area contributed by atoms with Crippen molar-refractivity contribution in [2.45, 2.75) is 46.1 Å². The van der Waals surface area contributed by atoms with Gasteiger partial charge in [0.1, 0.15) is 6.10 Å². The van der Waals surface area contributed by atoms with Gasteiger partial charge in [0.05, 0.1) is 34.8 Å². The van der Waals surface area contributed by atoms with Crippen molar-refractivity contribution in [3.63, 3.8) is 0 Å². The number of carbonyl (C=O) groups is 1. The number of hydrogen-bond acceptors (Lipinski definition) is 6. The number of rotatable bonds is 4. The molecule has 2 fully saturated rings. The Morgan fingerprint density at radius 3 is 2.68 bits per heavy atom. The Kier molecular flexibility index (Phi) is 7.33. The van der Waals surface area contributed by atoms with E-state index in [0.717, 1.165) is 83.1 Å². The summed E-state index contributed by atoms with van der Waals surface area (Å²) in [6, 6.07) is 14.4. The van der Waals surface area contributed by atoms with Gasteiger partial charge < -0.3 is 14.6 Å². The maximum absolute atomic E-state index is 11.6. The van der Waals surface area contributed by atoms with E-state index in [2.05, 4.69) is 63.9 Å². The first-order chi connectivity index (χ1) is 17.9. The minimum Gasteiger partial charge on any atom is -0.461 e. The minimum absolute atomic E-state index is 0.0448. The molecule has 1 N–H and O–H groups in total. The van der Waals surface area contributed by atoms with Crippen molar-refractivity contribution < 1.29 is 9.53 Å². The molecule has 0 unspecified atom stereocenters. The number of fused-ring (bicyclic) bond motifs is 1. The molecule has 1 saturated heterocycles. The quantitative estimate of drug-likeness (QED) is 0.370. The lowest BCUT2D eigenvalue weighted by atomic mass is 9.76. The minimum atomic E-state index is 0.0448. The Hall–Kier alpha value is -3.58. The highest BCUT2D eigenvalue weighted by molar-refractivity contribution is 5.87. The van der Waals surface area contributed by atoms with Crippen molar-refractivity contribution in [1.82, 2.24) is 24.8 Å². The second kappa shape index (κ2) is 10.8. The number of esters is 1. The van der Waals surface area contributed by atoms with E-state index in [1.165, 1.54) is 0 Å². The zero-order chi connectivity index (χ0) is 25.9. The van der Waals surface area contributed by atoms with Crippen LogP contribution < -0.4 is 0 Å². The van der Waals surface area contributed by atoms with Crippen molar-refractivity contribution in [2.75, 3.05) is 20.1 Å². The predicted octanol–water partition coefficient (Wildman–Crippen LogP) is 5.58. The molecule has 0 spiro atoms. The molecule has 192 valence electrons. The van der Waals surface area contributed by atoms with Crippen LogP contribution in [-0.2, 0) is 9.53 Å². The van der Waals surface area contributed by atoms with Gasteiger partial charge in [-0.3, -0.25) is 14.8 Å². The molecule has 0 amide bonds. The average molecular weight is 498 g/mol. The molecule has 0 bridgehead atoms. The SMILES string of the molecule is CC1CC(C(=O)O[C@H]2CCN(C)C2)C1.Cc1cnc2ccc(-c3nc[nH]c3-c3cccc(C)n3)cc2c1. The molecule has 37 heavy (non-hydrogen) atoms. The number of aromatic nitrogens is 4. The third-order valence-corrected chi connectivity index (χ3v) is 7.21. The van der Waals surface area contributed by atoms with Crippen molar-refractivity contribution in [1.29, 1.82) is 0 Å². The number of hydrogen-bond donors (Lipinski definition) is 1. The normalized spacial score (nSPS) is 21.2. The molecule has 6 rings (SSSR count). The van der Waals surface area contributed by atoms with Crippen LogP contribution >= 0.6 is 0 Å². The number of nitrogens with zero attached hydrogens (tertiary/aromatic N) is 4. The summed E-state index contributed by atoms with van der Waals surface area (Å²) in [6.07, 6.45) is 6.82. The third kappa shape index (κ3) is 5.88. The van der Waals surface area contributed by atoms with E-state index in [9.17, 15) is 4.79 Å². The van der Waals surface area contributed by atoms with Crippen LogP contribution in [0.5, 0.6) is 0 Å². The molecule has 7 nitrogen and oxygen atoms in total. The summed E-state index contributed by atoms with van der Waals surface area (Å²) in [7, 11) is 2.07. The summed E-state index contributed by atoms with van der Waals surface area (Å²) in [4.78, 5) is 30.6. The summed E-state index contributed by atoms with van der Waals surface area (Å²) >= 11 is 0. The van der Waals surface area contributed by atoms with Gasteiger partial charge in [-0.1, -0.05) is 19.1 Å². The molecular formula is C30H35N5O2. The van der Waals surface area contributed by atoms with Gasteiger partial charge in [-0.25, -0.2) is 4.98 Å². The van der Waals surface area contributed by atoms with Crippen LogP contribution in [0.4, 0.5) is 0 Å². The number of benzene rings is 1. The summed E-state index contributed by atoms with van der Waals surface area (Å²) in [5, 5.41) is 1.12. The van der Waals surface area contributed by atoms with Crippen LogP contribution in [0.2, 0.25) is 0 Å². The van der Waals surface area contributed by atoms with E-state index in [4.69, 9.17) is 4.74 Å². The molecule has 1 aliphatic heterocycles. The maximum Gasteiger partial charge on any atom is 0.309 e. The van der Waals surface area contributed by atoms with Gasteiger partial charge in [0, 0.05) is 35.9 Å². The summed E-state index contributed by atoms with van der Waals surface area (Å²) in [5.74, 6) is 0.970. The molecular weight excluding hydrogens is 462 g/mol. The van der Waals surface area contributed by atoms with Gasteiger partial charge >= 0.3 is 5.97 Å². The van der Waals surface area contributed by atoms with Crippen molar-refractivity contribution >= 4 is 16.9 Å². The molecule has 7 heteroatoms. The molecule has 3 aromatic heterocycles. The smallest absolute Gasteiger partial charge is 0.309 e. The van der Waals surface area contributed by atoms with Crippen LogP contribution in [0.1, 0.15) is 37.4 Å². The molecule has 2 aliphatic rings. The fraction of sp³-hybridized carbons (Fsp3) is 0.400. The van der Waals surface area contributed by atoms with E-state index in [1.807, 2.05) is 37.4 Å². The number of imidazole rings is 1. The number of aromatic amines is 1. The van der Waals surface area contributed by atoms with Gasteiger partial charge in [-0.05, 0) is 82.0 Å². The molecule has 1 aliphatic carbocycles. The highest BCUT2D eigenvalue weighted by Gasteiger charge is 2.34. The highest BCUT2D eigenvalue weighted by atomic mass is 16.5. The van der Waals surface area contributed by atoms with Crippen LogP contribution in [0, 0.1) is 25.7 Å². The first-order valence-corrected chi connectivity index (χ1v) is 13.1.